The van der Waals surface area contributed by atoms with Crippen LogP contribution in [0.1, 0.15) is 16.1 Å². The Balaban J connectivity index is 1.94. The highest BCUT2D eigenvalue weighted by molar-refractivity contribution is 6.33. The lowest BCUT2D eigenvalue weighted by Crippen LogP contribution is -2.28. The summed E-state index contributed by atoms with van der Waals surface area (Å²) in [4.78, 5) is 16.0. The Bertz CT molecular complexity index is 612. The van der Waals surface area contributed by atoms with E-state index in [0.717, 1.165) is 5.56 Å². The fourth-order valence-corrected chi connectivity index (χ4v) is 1.83. The van der Waals surface area contributed by atoms with Crippen molar-refractivity contribution in [2.75, 3.05) is 12.0 Å². The van der Waals surface area contributed by atoms with Crippen LogP contribution in [0.4, 0.5) is 5.82 Å². The number of pyridine rings is 1. The van der Waals surface area contributed by atoms with E-state index < -0.39 is 0 Å². The third kappa shape index (κ3) is 3.46. The summed E-state index contributed by atoms with van der Waals surface area (Å²) in [5, 5.41) is 7.14. The van der Waals surface area contributed by atoms with Crippen LogP contribution in [0.2, 0.25) is 5.02 Å². The number of nitrogens with one attached hydrogen (secondary N) is 2. The molecule has 0 bridgehead atoms. The molecule has 7 nitrogen and oxygen atoms in total. The standard InChI is InChI=1S/C12H15ClN6O/c1-8-6-16-19(7-8)5-4-15-12(20)11-9(13)2-3-10(17-11)18-14/h2-3,6-7H,4-5,14H2,1H3,(H,15,20)(H,17,18). The Morgan fingerprint density at radius 2 is 2.30 bits per heavy atom. The molecule has 0 fully saturated rings. The highest BCUT2D eigenvalue weighted by Gasteiger charge is 2.12. The number of hydrazine groups is 1. The van der Waals surface area contributed by atoms with Gasteiger partial charge in [0.2, 0.25) is 0 Å². The quantitative estimate of drug-likeness (QED) is 0.563. The van der Waals surface area contributed by atoms with Gasteiger partial charge in [0.05, 0.1) is 17.8 Å². The van der Waals surface area contributed by atoms with Gasteiger partial charge in [-0.05, 0) is 24.6 Å². The first-order chi connectivity index (χ1) is 9.60. The molecule has 0 aliphatic rings. The summed E-state index contributed by atoms with van der Waals surface area (Å²) in [6.07, 6.45) is 3.66. The van der Waals surface area contributed by atoms with E-state index in [1.165, 1.54) is 0 Å². The molecule has 2 aromatic heterocycles. The van der Waals surface area contributed by atoms with Crippen molar-refractivity contribution in [3.05, 3.63) is 40.8 Å². The number of aryl methyl sites for hydroxylation is 1. The second-order valence-corrected chi connectivity index (χ2v) is 4.62. The SMILES string of the molecule is Cc1cnn(CCNC(=O)c2nc(NN)ccc2Cl)c1. The van der Waals surface area contributed by atoms with Crippen LogP contribution in [-0.4, -0.2) is 27.2 Å². The molecule has 20 heavy (non-hydrogen) atoms. The molecule has 1 amide bonds. The molecule has 0 radical (unpaired) electrons. The van der Waals surface area contributed by atoms with Crippen LogP contribution >= 0.6 is 11.6 Å². The number of carbonyl (C=O) groups is 1. The maximum Gasteiger partial charge on any atom is 0.271 e. The second kappa shape index (κ2) is 6.36. The van der Waals surface area contributed by atoms with Gasteiger partial charge < -0.3 is 10.7 Å². The molecule has 0 saturated heterocycles. The zero-order chi connectivity index (χ0) is 14.5. The first kappa shape index (κ1) is 14.3. The van der Waals surface area contributed by atoms with Crippen LogP contribution in [0.25, 0.3) is 0 Å². The van der Waals surface area contributed by atoms with Gasteiger partial charge in [0.1, 0.15) is 11.5 Å². The minimum atomic E-state index is -0.351. The first-order valence-electron chi connectivity index (χ1n) is 6.00. The van der Waals surface area contributed by atoms with Crippen molar-refractivity contribution in [1.29, 1.82) is 0 Å². The third-order valence-electron chi connectivity index (χ3n) is 2.60. The van der Waals surface area contributed by atoms with Gasteiger partial charge in [0.15, 0.2) is 0 Å². The molecule has 2 aromatic rings. The molecule has 0 aliphatic heterocycles. The zero-order valence-electron chi connectivity index (χ0n) is 10.9. The molecule has 2 rings (SSSR count). The van der Waals surface area contributed by atoms with Gasteiger partial charge in [-0.25, -0.2) is 10.8 Å². The number of anilines is 1. The number of hydrogen-bond acceptors (Lipinski definition) is 5. The highest BCUT2D eigenvalue weighted by atomic mass is 35.5. The zero-order valence-corrected chi connectivity index (χ0v) is 11.7. The molecule has 0 aliphatic carbocycles. The Hall–Kier alpha value is -2.12. The number of carbonyl (C=O) groups excluding carboxylic acids is 1. The minimum Gasteiger partial charge on any atom is -0.349 e. The van der Waals surface area contributed by atoms with E-state index in [4.69, 9.17) is 17.4 Å². The van der Waals surface area contributed by atoms with Crippen molar-refractivity contribution in [3.8, 4) is 0 Å². The van der Waals surface area contributed by atoms with E-state index in [-0.39, 0.29) is 16.6 Å². The van der Waals surface area contributed by atoms with Crippen molar-refractivity contribution < 1.29 is 4.79 Å². The van der Waals surface area contributed by atoms with Gasteiger partial charge in [-0.15, -0.1) is 0 Å². The molecule has 4 N–H and O–H groups in total. The molecule has 0 atom stereocenters. The van der Waals surface area contributed by atoms with E-state index in [1.807, 2.05) is 13.1 Å². The van der Waals surface area contributed by atoms with Crippen LogP contribution < -0.4 is 16.6 Å². The number of nitrogens with two attached hydrogens (primary N) is 1. The van der Waals surface area contributed by atoms with Crippen molar-refractivity contribution in [2.24, 2.45) is 5.84 Å². The lowest BCUT2D eigenvalue weighted by atomic mass is 10.3. The van der Waals surface area contributed by atoms with Crippen molar-refractivity contribution >= 4 is 23.3 Å². The summed E-state index contributed by atoms with van der Waals surface area (Å²) >= 11 is 5.94. The predicted molar refractivity (Wildman–Crippen MR) is 76.4 cm³/mol. The summed E-state index contributed by atoms with van der Waals surface area (Å²) in [7, 11) is 0. The van der Waals surface area contributed by atoms with Crippen LogP contribution in [-0.2, 0) is 6.54 Å². The normalized spacial score (nSPS) is 10.3. The van der Waals surface area contributed by atoms with E-state index in [0.29, 0.717) is 18.9 Å². The molecular weight excluding hydrogens is 280 g/mol. The fourth-order valence-electron chi connectivity index (χ4n) is 1.64. The number of nitrogen functional groups attached to an aromatic ring is 1. The molecule has 0 unspecified atom stereocenters. The molecule has 2 heterocycles. The molecule has 106 valence electrons. The maximum absolute atomic E-state index is 12.0. The lowest BCUT2D eigenvalue weighted by Gasteiger charge is -2.07. The van der Waals surface area contributed by atoms with Crippen LogP contribution in [0.5, 0.6) is 0 Å². The van der Waals surface area contributed by atoms with E-state index in [9.17, 15) is 4.79 Å². The third-order valence-corrected chi connectivity index (χ3v) is 2.90. The predicted octanol–water partition coefficient (Wildman–Crippen LogP) is 0.956. The minimum absolute atomic E-state index is 0.138. The maximum atomic E-state index is 12.0. The van der Waals surface area contributed by atoms with Gasteiger partial charge in [-0.3, -0.25) is 9.48 Å². The van der Waals surface area contributed by atoms with Crippen LogP contribution in [0.15, 0.2) is 24.5 Å². The molecular formula is C12H15ClN6O. The van der Waals surface area contributed by atoms with E-state index >= 15 is 0 Å². The number of aromatic nitrogens is 3. The van der Waals surface area contributed by atoms with Crippen molar-refractivity contribution in [2.45, 2.75) is 13.5 Å². The smallest absolute Gasteiger partial charge is 0.271 e. The summed E-state index contributed by atoms with van der Waals surface area (Å²) in [6.45, 7) is 2.96. The lowest BCUT2D eigenvalue weighted by molar-refractivity contribution is 0.0947. The largest absolute Gasteiger partial charge is 0.349 e. The Morgan fingerprint density at radius 3 is 2.95 bits per heavy atom. The average Bonchev–Trinajstić information content (AvgIpc) is 2.85. The van der Waals surface area contributed by atoms with Gasteiger partial charge in [0.25, 0.3) is 5.91 Å². The average molecular weight is 295 g/mol. The van der Waals surface area contributed by atoms with Crippen LogP contribution in [0, 0.1) is 6.92 Å². The van der Waals surface area contributed by atoms with Gasteiger partial charge >= 0.3 is 0 Å². The van der Waals surface area contributed by atoms with E-state index in [1.54, 1.807) is 23.0 Å². The van der Waals surface area contributed by atoms with Crippen molar-refractivity contribution in [3.63, 3.8) is 0 Å². The number of halogens is 1. The van der Waals surface area contributed by atoms with Crippen LogP contribution in [0.3, 0.4) is 0 Å². The molecule has 8 heteroatoms. The highest BCUT2D eigenvalue weighted by Crippen LogP contribution is 2.15. The Morgan fingerprint density at radius 1 is 1.50 bits per heavy atom. The second-order valence-electron chi connectivity index (χ2n) is 4.21. The summed E-state index contributed by atoms with van der Waals surface area (Å²) in [6, 6.07) is 3.15. The number of nitrogens with zero attached hydrogens (tertiary/aromatic N) is 3. The summed E-state index contributed by atoms with van der Waals surface area (Å²) < 4.78 is 1.75. The summed E-state index contributed by atoms with van der Waals surface area (Å²) in [5.41, 5.74) is 3.58. The Labute approximate surface area is 121 Å². The Kier molecular flexibility index (Phi) is 4.54. The van der Waals surface area contributed by atoms with Gasteiger partial charge in [0, 0.05) is 12.7 Å². The molecule has 0 aromatic carbocycles. The van der Waals surface area contributed by atoms with Crippen molar-refractivity contribution in [1.82, 2.24) is 20.1 Å². The monoisotopic (exact) mass is 294 g/mol. The molecule has 0 spiro atoms. The number of rotatable bonds is 5. The summed E-state index contributed by atoms with van der Waals surface area (Å²) in [5.74, 6) is 5.27. The molecule has 0 saturated carbocycles. The van der Waals surface area contributed by atoms with Gasteiger partial charge in [-0.1, -0.05) is 11.6 Å². The van der Waals surface area contributed by atoms with E-state index in [2.05, 4.69) is 20.8 Å². The van der Waals surface area contributed by atoms with Gasteiger partial charge in [-0.2, -0.15) is 5.10 Å². The number of amides is 1. The fraction of sp³-hybridized carbons (Fsp3) is 0.250. The topological polar surface area (TPSA) is 97.9 Å². The first-order valence-corrected chi connectivity index (χ1v) is 6.38. The number of hydrogen-bond donors (Lipinski definition) is 3.